The lowest BCUT2D eigenvalue weighted by molar-refractivity contribution is -0.124. The molecule has 1 saturated carbocycles. The predicted octanol–water partition coefficient (Wildman–Crippen LogP) is 6.98. The van der Waals surface area contributed by atoms with Crippen molar-refractivity contribution in [2.45, 2.75) is 58.0 Å². The quantitative estimate of drug-likeness (QED) is 0.227. The Kier molecular flexibility index (Phi) is 7.40. The summed E-state index contributed by atoms with van der Waals surface area (Å²) in [6, 6.07) is 28.6. The number of rotatable bonds is 8. The number of hydrogen-bond donors (Lipinski definition) is 2. The van der Waals surface area contributed by atoms with Crippen LogP contribution in [0, 0.1) is 19.8 Å². The first-order chi connectivity index (χ1) is 19.5. The van der Waals surface area contributed by atoms with E-state index in [2.05, 4.69) is 78.3 Å². The summed E-state index contributed by atoms with van der Waals surface area (Å²) in [6.07, 6.45) is 4.43. The summed E-state index contributed by atoms with van der Waals surface area (Å²) in [7, 11) is 0. The second-order valence-corrected chi connectivity index (χ2v) is 11.3. The van der Waals surface area contributed by atoms with E-state index < -0.39 is 6.04 Å². The van der Waals surface area contributed by atoms with Gasteiger partial charge in [-0.3, -0.25) is 4.79 Å². The Balaban J connectivity index is 1.30. The van der Waals surface area contributed by atoms with Gasteiger partial charge in [0.25, 0.3) is 0 Å². The fraction of sp³-hybridized carbons (Fsp3) is 0.314. The average molecular weight is 532 g/mol. The summed E-state index contributed by atoms with van der Waals surface area (Å²) in [5.41, 5.74) is 7.61. The molecule has 0 spiro atoms. The molecule has 0 saturated heterocycles. The third-order valence-corrected chi connectivity index (χ3v) is 8.58. The lowest BCUT2D eigenvalue weighted by Gasteiger charge is -2.26. The SMILES string of the molecule is Cc1cc(C)c2c3ccccc3n(Cc3ccc(C(C(=O)N[C@@H](CO)c4ccccc4)C4CCCC4)cc3)c2n1. The van der Waals surface area contributed by atoms with Crippen LogP contribution in [0.1, 0.15) is 65.6 Å². The van der Waals surface area contributed by atoms with Crippen LogP contribution in [0.2, 0.25) is 0 Å². The molecule has 2 aromatic heterocycles. The number of hydrogen-bond acceptors (Lipinski definition) is 3. The first-order valence-corrected chi connectivity index (χ1v) is 14.4. The molecule has 3 aromatic carbocycles. The first kappa shape index (κ1) is 26.3. The first-order valence-electron chi connectivity index (χ1n) is 14.4. The molecule has 2 N–H and O–H groups in total. The minimum absolute atomic E-state index is 0.0000936. The summed E-state index contributed by atoms with van der Waals surface area (Å²) in [6.45, 7) is 4.80. The zero-order chi connectivity index (χ0) is 27.6. The third kappa shape index (κ3) is 5.02. The molecule has 40 heavy (non-hydrogen) atoms. The maximum absolute atomic E-state index is 13.7. The number of aliphatic hydroxyl groups is 1. The summed E-state index contributed by atoms with van der Waals surface area (Å²) >= 11 is 0. The van der Waals surface area contributed by atoms with Crippen molar-refractivity contribution in [3.8, 4) is 0 Å². The molecule has 1 aliphatic rings. The Labute approximate surface area is 235 Å². The molecule has 204 valence electrons. The maximum Gasteiger partial charge on any atom is 0.228 e. The van der Waals surface area contributed by atoms with E-state index in [1.54, 1.807) is 0 Å². The zero-order valence-corrected chi connectivity index (χ0v) is 23.3. The largest absolute Gasteiger partial charge is 0.394 e. The number of para-hydroxylation sites is 1. The van der Waals surface area contributed by atoms with E-state index >= 15 is 0 Å². The molecule has 5 heteroatoms. The van der Waals surface area contributed by atoms with E-state index in [-0.39, 0.29) is 18.4 Å². The van der Waals surface area contributed by atoms with Gasteiger partial charge >= 0.3 is 0 Å². The van der Waals surface area contributed by atoms with Crippen LogP contribution in [0.3, 0.4) is 0 Å². The molecule has 2 atom stereocenters. The minimum atomic E-state index is -0.411. The van der Waals surface area contributed by atoms with E-state index in [1.807, 2.05) is 30.3 Å². The Hall–Kier alpha value is -3.96. The molecule has 2 heterocycles. The number of amides is 1. The highest BCUT2D eigenvalue weighted by Crippen LogP contribution is 2.38. The summed E-state index contributed by atoms with van der Waals surface area (Å²) in [5.74, 6) is 0.0862. The van der Waals surface area contributed by atoms with Crippen LogP contribution in [0.25, 0.3) is 21.9 Å². The Morgan fingerprint density at radius 2 is 1.65 bits per heavy atom. The molecular formula is C35H37N3O2. The molecular weight excluding hydrogens is 494 g/mol. The molecule has 0 radical (unpaired) electrons. The van der Waals surface area contributed by atoms with E-state index in [4.69, 9.17) is 4.98 Å². The van der Waals surface area contributed by atoms with Gasteiger partial charge in [0.1, 0.15) is 5.65 Å². The molecule has 1 unspecified atom stereocenters. The van der Waals surface area contributed by atoms with Crippen LogP contribution in [0.4, 0.5) is 0 Å². The third-order valence-electron chi connectivity index (χ3n) is 8.58. The summed E-state index contributed by atoms with van der Waals surface area (Å²) in [4.78, 5) is 18.7. The van der Waals surface area contributed by atoms with Crippen molar-refractivity contribution in [1.29, 1.82) is 0 Å². The molecule has 1 aliphatic carbocycles. The van der Waals surface area contributed by atoms with Crippen molar-refractivity contribution in [1.82, 2.24) is 14.9 Å². The smallest absolute Gasteiger partial charge is 0.228 e. The van der Waals surface area contributed by atoms with Gasteiger partial charge in [0.05, 0.1) is 24.1 Å². The lowest BCUT2D eigenvalue weighted by Crippen LogP contribution is -2.37. The number of pyridine rings is 1. The van der Waals surface area contributed by atoms with Crippen molar-refractivity contribution in [3.63, 3.8) is 0 Å². The molecule has 0 aliphatic heterocycles. The molecule has 1 fully saturated rings. The van der Waals surface area contributed by atoms with Gasteiger partial charge in [0.15, 0.2) is 0 Å². The summed E-state index contributed by atoms with van der Waals surface area (Å²) in [5, 5.41) is 15.7. The normalized spacial score (nSPS) is 15.5. The topological polar surface area (TPSA) is 67.2 Å². The number of carbonyl (C=O) groups excluding carboxylic acids is 1. The molecule has 0 bridgehead atoms. The van der Waals surface area contributed by atoms with Gasteiger partial charge in [-0.1, -0.05) is 85.6 Å². The number of benzene rings is 3. The van der Waals surface area contributed by atoms with Gasteiger partial charge in [0, 0.05) is 23.0 Å². The van der Waals surface area contributed by atoms with Crippen LogP contribution >= 0.6 is 0 Å². The highest BCUT2D eigenvalue weighted by molar-refractivity contribution is 6.08. The van der Waals surface area contributed by atoms with Crippen molar-refractivity contribution in [3.05, 3.63) is 113 Å². The Morgan fingerprint density at radius 1 is 0.950 bits per heavy atom. The minimum Gasteiger partial charge on any atom is -0.394 e. The fourth-order valence-corrected chi connectivity index (χ4v) is 6.66. The van der Waals surface area contributed by atoms with Gasteiger partial charge in [-0.2, -0.15) is 0 Å². The van der Waals surface area contributed by atoms with Gasteiger partial charge in [0.2, 0.25) is 5.91 Å². The fourth-order valence-electron chi connectivity index (χ4n) is 6.66. The van der Waals surface area contributed by atoms with E-state index in [0.717, 1.165) is 48.2 Å². The Morgan fingerprint density at radius 3 is 2.38 bits per heavy atom. The number of fused-ring (bicyclic) bond motifs is 3. The monoisotopic (exact) mass is 531 g/mol. The Bertz CT molecular complexity index is 1630. The van der Waals surface area contributed by atoms with Crippen molar-refractivity contribution < 1.29 is 9.90 Å². The number of nitrogens with zero attached hydrogens (tertiary/aromatic N) is 2. The highest BCUT2D eigenvalue weighted by atomic mass is 16.3. The zero-order valence-electron chi connectivity index (χ0n) is 23.3. The van der Waals surface area contributed by atoms with Crippen LogP contribution in [0.5, 0.6) is 0 Å². The number of aryl methyl sites for hydroxylation is 2. The van der Waals surface area contributed by atoms with Gasteiger partial charge in [-0.05, 0) is 67.0 Å². The second-order valence-electron chi connectivity index (χ2n) is 11.3. The standard InChI is InChI=1S/C35H37N3O2/c1-23-20-24(2)36-34-32(23)29-14-8-9-15-31(29)38(34)21-25-16-18-28(19-17-25)33(27-12-6-7-13-27)35(40)37-30(22-39)26-10-4-3-5-11-26/h3-5,8-11,14-20,27,30,33,39H,6-7,12-13,21-22H2,1-2H3,(H,37,40)/t30-,33?/m0/s1. The predicted molar refractivity (Wildman–Crippen MR) is 161 cm³/mol. The molecule has 5 nitrogen and oxygen atoms in total. The van der Waals surface area contributed by atoms with Crippen molar-refractivity contribution in [2.24, 2.45) is 5.92 Å². The number of aliphatic hydroxyl groups excluding tert-OH is 1. The van der Waals surface area contributed by atoms with Crippen molar-refractivity contribution >= 4 is 27.8 Å². The number of nitrogens with one attached hydrogen (secondary N) is 1. The lowest BCUT2D eigenvalue weighted by atomic mass is 9.83. The summed E-state index contributed by atoms with van der Waals surface area (Å²) < 4.78 is 2.31. The van der Waals surface area contributed by atoms with Crippen LogP contribution < -0.4 is 5.32 Å². The van der Waals surface area contributed by atoms with Crippen LogP contribution in [-0.4, -0.2) is 27.2 Å². The van der Waals surface area contributed by atoms with E-state index in [0.29, 0.717) is 12.5 Å². The molecule has 5 aromatic rings. The maximum atomic E-state index is 13.7. The number of aromatic nitrogens is 2. The number of carbonyl (C=O) groups is 1. The molecule has 6 rings (SSSR count). The van der Waals surface area contributed by atoms with Gasteiger partial charge in [-0.15, -0.1) is 0 Å². The van der Waals surface area contributed by atoms with E-state index in [1.165, 1.54) is 27.4 Å². The van der Waals surface area contributed by atoms with Crippen LogP contribution in [0.15, 0.2) is 84.9 Å². The van der Waals surface area contributed by atoms with Gasteiger partial charge in [-0.25, -0.2) is 4.98 Å². The van der Waals surface area contributed by atoms with Crippen molar-refractivity contribution in [2.75, 3.05) is 6.61 Å². The molecule has 1 amide bonds. The van der Waals surface area contributed by atoms with Gasteiger partial charge < -0.3 is 15.0 Å². The van der Waals surface area contributed by atoms with E-state index in [9.17, 15) is 9.90 Å². The second kappa shape index (κ2) is 11.3. The average Bonchev–Trinajstić information content (AvgIpc) is 3.60. The van der Waals surface area contributed by atoms with Crippen LogP contribution in [-0.2, 0) is 11.3 Å². The highest BCUT2D eigenvalue weighted by Gasteiger charge is 2.33.